The lowest BCUT2D eigenvalue weighted by molar-refractivity contribution is 0.0135. The Morgan fingerprint density at radius 1 is 1.29 bits per heavy atom. The van der Waals surface area contributed by atoms with Gasteiger partial charge in [-0.05, 0) is 44.5 Å². The third kappa shape index (κ3) is 4.85. The van der Waals surface area contributed by atoms with E-state index in [9.17, 15) is 9.59 Å². The Labute approximate surface area is 221 Å². The molecule has 4 N–H and O–H groups in total. The molecule has 1 fully saturated rings. The summed E-state index contributed by atoms with van der Waals surface area (Å²) >= 11 is 6.10. The summed E-state index contributed by atoms with van der Waals surface area (Å²) in [5, 5.41) is 7.76. The number of allylic oxidation sites excluding steroid dienone is 1. The molecule has 0 saturated carbocycles. The number of aromatic nitrogens is 3. The van der Waals surface area contributed by atoms with Crippen LogP contribution in [-0.4, -0.2) is 40.6 Å². The van der Waals surface area contributed by atoms with Gasteiger partial charge in [-0.1, -0.05) is 22.8 Å². The molecule has 5 rings (SSSR count). The van der Waals surface area contributed by atoms with E-state index in [0.29, 0.717) is 52.5 Å². The number of fused-ring (bicyclic) bond motifs is 1. The molecule has 1 atom stereocenters. The molecule has 196 valence electrons. The summed E-state index contributed by atoms with van der Waals surface area (Å²) in [5.74, 6) is -0.243. The zero-order valence-corrected chi connectivity index (χ0v) is 21.6. The number of hydrogen-bond donors (Lipinski definition) is 3. The molecule has 4 heterocycles. The number of nitrogens with two attached hydrogens (primary N) is 1. The van der Waals surface area contributed by atoms with Crippen molar-refractivity contribution in [3.8, 4) is 11.5 Å². The van der Waals surface area contributed by atoms with Gasteiger partial charge in [0, 0.05) is 23.5 Å². The summed E-state index contributed by atoms with van der Waals surface area (Å²) in [6.45, 7) is 6.62. The molecule has 1 aliphatic heterocycles. The van der Waals surface area contributed by atoms with Crippen LogP contribution in [0.4, 0.5) is 5.69 Å². The van der Waals surface area contributed by atoms with Crippen molar-refractivity contribution in [3.05, 3.63) is 78.8 Å². The molecule has 3 aromatic heterocycles. The minimum atomic E-state index is -0.715. The molecule has 1 aliphatic rings. The summed E-state index contributed by atoms with van der Waals surface area (Å²) < 4.78 is 16.2. The fraction of sp³-hybridized carbons (Fsp3) is 0.269. The van der Waals surface area contributed by atoms with Crippen LogP contribution >= 0.6 is 11.6 Å². The van der Waals surface area contributed by atoms with Crippen molar-refractivity contribution in [2.75, 3.05) is 18.5 Å². The van der Waals surface area contributed by atoms with Gasteiger partial charge in [-0.15, -0.1) is 0 Å². The first kappa shape index (κ1) is 25.4. The van der Waals surface area contributed by atoms with Gasteiger partial charge in [-0.2, -0.15) is 0 Å². The number of aromatic amines is 1. The van der Waals surface area contributed by atoms with Gasteiger partial charge in [0.1, 0.15) is 22.2 Å². The van der Waals surface area contributed by atoms with Gasteiger partial charge < -0.3 is 20.2 Å². The first-order chi connectivity index (χ1) is 18.2. The molecule has 0 bridgehead atoms. The zero-order chi connectivity index (χ0) is 27.0. The third-order valence-electron chi connectivity index (χ3n) is 6.24. The maximum atomic E-state index is 13.4. The molecule has 0 unspecified atom stereocenters. The topological polar surface area (TPSA) is 162 Å². The van der Waals surface area contributed by atoms with Gasteiger partial charge in [0.2, 0.25) is 5.82 Å². The number of halogens is 1. The van der Waals surface area contributed by atoms with Crippen molar-refractivity contribution in [2.24, 2.45) is 10.7 Å². The molecule has 38 heavy (non-hydrogen) atoms. The lowest BCUT2D eigenvalue weighted by atomic mass is 9.99. The van der Waals surface area contributed by atoms with Crippen LogP contribution < -0.4 is 22.2 Å². The highest BCUT2D eigenvalue weighted by Crippen LogP contribution is 2.33. The number of nitrogens with one attached hydrogen (secondary N) is 2. The van der Waals surface area contributed by atoms with E-state index >= 15 is 0 Å². The second-order valence-electron chi connectivity index (χ2n) is 9.05. The number of nitrogens with zero attached hydrogens (tertiary/aromatic N) is 3. The van der Waals surface area contributed by atoms with Gasteiger partial charge in [-0.3, -0.25) is 19.3 Å². The first-order valence-corrected chi connectivity index (χ1v) is 12.2. The smallest absolute Gasteiger partial charge is 0.439 e. The molecule has 0 amide bonds. The Morgan fingerprint density at radius 2 is 2.08 bits per heavy atom. The molecule has 11 nitrogen and oxygen atoms in total. The van der Waals surface area contributed by atoms with Crippen molar-refractivity contribution in [2.45, 2.75) is 32.9 Å². The molecular formula is C26H25ClN6O5. The van der Waals surface area contributed by atoms with E-state index in [2.05, 4.69) is 30.0 Å². The normalized spacial score (nSPS) is 15.2. The monoisotopic (exact) mass is 536 g/mol. The zero-order valence-electron chi connectivity index (χ0n) is 20.9. The van der Waals surface area contributed by atoms with Gasteiger partial charge in [0.25, 0.3) is 0 Å². The van der Waals surface area contributed by atoms with Crippen molar-refractivity contribution in [3.63, 3.8) is 0 Å². The third-order valence-corrected chi connectivity index (χ3v) is 6.45. The highest BCUT2D eigenvalue weighted by molar-refractivity contribution is 6.29. The number of rotatable bonds is 7. The average molecular weight is 537 g/mol. The minimum Gasteiger partial charge on any atom is -0.455 e. The SMILES string of the molecule is Cc1cc([C@@H](C)Nc2ccc(Cl)nc2-c2noc(=O)[nH]2)c2oc(C(C=NC3COC3)=CN)c(C)c(=O)c2c1. The quantitative estimate of drug-likeness (QED) is 0.236. The lowest BCUT2D eigenvalue weighted by Crippen LogP contribution is -2.31. The van der Waals surface area contributed by atoms with E-state index in [1.54, 1.807) is 31.3 Å². The largest absolute Gasteiger partial charge is 0.455 e. The Hall–Kier alpha value is -4.22. The summed E-state index contributed by atoms with van der Waals surface area (Å²) in [7, 11) is 0. The van der Waals surface area contributed by atoms with Gasteiger partial charge in [0.15, 0.2) is 5.43 Å². The van der Waals surface area contributed by atoms with Crippen LogP contribution in [0.15, 0.2) is 54.0 Å². The van der Waals surface area contributed by atoms with E-state index in [-0.39, 0.29) is 28.5 Å². The minimum absolute atomic E-state index is 0.0571. The van der Waals surface area contributed by atoms with Gasteiger partial charge in [0.05, 0.1) is 41.9 Å². The number of benzene rings is 1. The van der Waals surface area contributed by atoms with Crippen molar-refractivity contribution < 1.29 is 13.7 Å². The Balaban J connectivity index is 1.59. The highest BCUT2D eigenvalue weighted by Gasteiger charge is 2.22. The van der Waals surface area contributed by atoms with Crippen LogP contribution in [0.5, 0.6) is 0 Å². The summed E-state index contributed by atoms with van der Waals surface area (Å²) in [6.07, 6.45) is 2.99. The van der Waals surface area contributed by atoms with E-state index < -0.39 is 5.76 Å². The predicted molar refractivity (Wildman–Crippen MR) is 145 cm³/mol. The second-order valence-corrected chi connectivity index (χ2v) is 9.43. The van der Waals surface area contributed by atoms with Crippen LogP contribution in [0, 0.1) is 13.8 Å². The molecule has 0 radical (unpaired) electrons. The van der Waals surface area contributed by atoms with Gasteiger partial charge in [-0.25, -0.2) is 9.78 Å². The standard InChI is InChI=1S/C26H25ClN6O5/c1-12-6-17(14(3)30-19-4-5-20(27)31-21(19)25-32-26(35)38-33-25)24-18(7-12)22(34)13(2)23(37-24)15(8-28)9-29-16-10-36-11-16/h4-9,14,16,30H,10-11,28H2,1-3H3,(H,32,33,35)/t14-/m1/s1. The van der Waals surface area contributed by atoms with Crippen molar-refractivity contribution >= 4 is 40.0 Å². The van der Waals surface area contributed by atoms with Crippen molar-refractivity contribution in [1.82, 2.24) is 15.1 Å². The van der Waals surface area contributed by atoms with Gasteiger partial charge >= 0.3 is 5.76 Å². The average Bonchev–Trinajstić information content (AvgIpc) is 3.30. The molecule has 0 aliphatic carbocycles. The molecule has 1 saturated heterocycles. The highest BCUT2D eigenvalue weighted by atomic mass is 35.5. The van der Waals surface area contributed by atoms with Crippen LogP contribution in [0.1, 0.15) is 35.4 Å². The molecule has 1 aromatic carbocycles. The summed E-state index contributed by atoms with van der Waals surface area (Å²) in [6, 6.07) is 6.75. The number of aryl methyl sites for hydroxylation is 1. The number of aliphatic imine (C=N–C) groups is 1. The van der Waals surface area contributed by atoms with E-state index in [4.69, 9.17) is 26.5 Å². The lowest BCUT2D eigenvalue weighted by Gasteiger charge is -2.22. The summed E-state index contributed by atoms with van der Waals surface area (Å²) in [4.78, 5) is 36.2. The maximum absolute atomic E-state index is 13.4. The molecule has 12 heteroatoms. The van der Waals surface area contributed by atoms with Crippen molar-refractivity contribution in [1.29, 1.82) is 0 Å². The number of ether oxygens (including phenoxy) is 1. The Bertz CT molecular complexity index is 1700. The van der Waals surface area contributed by atoms with Crippen LogP contribution in [-0.2, 0) is 4.74 Å². The number of H-pyrrole nitrogens is 1. The Kier molecular flexibility index (Phi) is 6.87. The fourth-order valence-corrected chi connectivity index (χ4v) is 4.36. The number of hydrogen-bond acceptors (Lipinski definition) is 10. The Morgan fingerprint density at radius 3 is 2.74 bits per heavy atom. The summed E-state index contributed by atoms with van der Waals surface area (Å²) in [5.41, 5.74) is 9.55. The van der Waals surface area contributed by atoms with E-state index in [0.717, 1.165) is 11.1 Å². The molecule has 0 spiro atoms. The number of anilines is 1. The first-order valence-electron chi connectivity index (χ1n) is 11.9. The van der Waals surface area contributed by atoms with Crippen LogP contribution in [0.25, 0.3) is 28.1 Å². The maximum Gasteiger partial charge on any atom is 0.439 e. The fourth-order valence-electron chi connectivity index (χ4n) is 4.21. The van der Waals surface area contributed by atoms with Crippen LogP contribution in [0.2, 0.25) is 5.15 Å². The van der Waals surface area contributed by atoms with E-state index in [1.165, 1.54) is 6.20 Å². The molecular weight excluding hydrogens is 512 g/mol. The number of pyridine rings is 1. The molecule has 4 aromatic rings. The predicted octanol–water partition coefficient (Wildman–Crippen LogP) is 3.74. The van der Waals surface area contributed by atoms with Crippen LogP contribution in [0.3, 0.4) is 0 Å². The second kappa shape index (κ2) is 10.3. The van der Waals surface area contributed by atoms with E-state index in [1.807, 2.05) is 19.9 Å².